The molecule has 1 aromatic carbocycles. The highest BCUT2D eigenvalue weighted by Crippen LogP contribution is 2.25. The van der Waals surface area contributed by atoms with Crippen LogP contribution in [0.4, 0.5) is 4.39 Å². The van der Waals surface area contributed by atoms with Gasteiger partial charge in [0.25, 0.3) is 5.91 Å². The number of benzene rings is 1. The van der Waals surface area contributed by atoms with Crippen molar-refractivity contribution in [2.45, 2.75) is 31.7 Å². The van der Waals surface area contributed by atoms with E-state index in [0.717, 1.165) is 25.2 Å². The fourth-order valence-corrected chi connectivity index (χ4v) is 3.41. The Kier molecular flexibility index (Phi) is 4.10. The van der Waals surface area contributed by atoms with E-state index < -0.39 is 5.82 Å². The molecular weight excluding hydrogens is 271 g/mol. The van der Waals surface area contributed by atoms with Crippen molar-refractivity contribution < 1.29 is 14.3 Å². The zero-order valence-electron chi connectivity index (χ0n) is 12.1. The summed E-state index contributed by atoms with van der Waals surface area (Å²) in [6, 6.07) is 4.17. The molecule has 0 unspecified atom stereocenters. The molecule has 1 N–H and O–H groups in total. The average Bonchev–Trinajstić information content (AvgIpc) is 3.03. The molecule has 0 radical (unpaired) electrons. The summed E-state index contributed by atoms with van der Waals surface area (Å²) in [6.07, 6.45) is 5.14. The predicted octanol–water partition coefficient (Wildman–Crippen LogP) is 2.23. The van der Waals surface area contributed by atoms with Crippen LogP contribution < -0.4 is 0 Å². The maximum atomic E-state index is 13.3. The van der Waals surface area contributed by atoms with Crippen LogP contribution >= 0.6 is 0 Å². The van der Waals surface area contributed by atoms with Crippen LogP contribution in [0.3, 0.4) is 0 Å². The lowest BCUT2D eigenvalue weighted by molar-refractivity contribution is 0.0570. The van der Waals surface area contributed by atoms with Gasteiger partial charge in [0.05, 0.1) is 5.56 Å². The average molecular weight is 292 g/mol. The van der Waals surface area contributed by atoms with E-state index in [1.165, 1.54) is 31.7 Å². The fourth-order valence-electron chi connectivity index (χ4n) is 3.41. The van der Waals surface area contributed by atoms with E-state index in [2.05, 4.69) is 4.90 Å². The zero-order valence-corrected chi connectivity index (χ0v) is 12.1. The Hall–Kier alpha value is -1.62. The first-order chi connectivity index (χ1) is 10.1. The molecule has 3 rings (SSSR count). The maximum absolute atomic E-state index is 13.3. The van der Waals surface area contributed by atoms with Crippen LogP contribution in [0.5, 0.6) is 5.75 Å². The predicted molar refractivity (Wildman–Crippen MR) is 77.8 cm³/mol. The van der Waals surface area contributed by atoms with Gasteiger partial charge in [-0.15, -0.1) is 0 Å². The van der Waals surface area contributed by atoms with Gasteiger partial charge >= 0.3 is 0 Å². The molecule has 0 aromatic heterocycles. The molecule has 2 fully saturated rings. The Morgan fingerprint density at radius 3 is 2.48 bits per heavy atom. The lowest BCUT2D eigenvalue weighted by Gasteiger charge is -2.38. The lowest BCUT2D eigenvalue weighted by atomic mass is 10.1. The molecule has 1 aromatic rings. The number of phenols is 1. The van der Waals surface area contributed by atoms with Gasteiger partial charge in [0, 0.05) is 32.2 Å². The van der Waals surface area contributed by atoms with Crippen LogP contribution in [0.2, 0.25) is 0 Å². The van der Waals surface area contributed by atoms with Crippen molar-refractivity contribution >= 4 is 5.91 Å². The van der Waals surface area contributed by atoms with Gasteiger partial charge in [-0.25, -0.2) is 4.39 Å². The number of aromatic hydroxyl groups is 1. The second-order valence-corrected chi connectivity index (χ2v) is 5.93. The number of carbonyl (C=O) groups excluding carboxylic acids is 1. The number of carbonyl (C=O) groups is 1. The number of phenolic OH excluding ortho intramolecular Hbond substituents is 1. The van der Waals surface area contributed by atoms with Gasteiger partial charge in [0.15, 0.2) is 0 Å². The smallest absolute Gasteiger partial charge is 0.257 e. The summed E-state index contributed by atoms with van der Waals surface area (Å²) in [5.41, 5.74) is 0.0596. The summed E-state index contributed by atoms with van der Waals surface area (Å²) >= 11 is 0. The molecular formula is C16H21FN2O2. The highest BCUT2D eigenvalue weighted by molar-refractivity contribution is 5.96. The summed E-state index contributed by atoms with van der Waals surface area (Å²) < 4.78 is 13.3. The number of halogens is 1. The molecule has 1 amide bonds. The number of rotatable bonds is 2. The second kappa shape index (κ2) is 6.02. The quantitative estimate of drug-likeness (QED) is 0.909. The third-order valence-corrected chi connectivity index (χ3v) is 4.63. The lowest BCUT2D eigenvalue weighted by Crippen LogP contribution is -2.51. The number of nitrogens with zero attached hydrogens (tertiary/aromatic N) is 2. The summed E-state index contributed by atoms with van der Waals surface area (Å²) in [5, 5.41) is 9.74. The van der Waals surface area contributed by atoms with Gasteiger partial charge < -0.3 is 10.0 Å². The molecule has 1 heterocycles. The number of piperazine rings is 1. The fraction of sp³-hybridized carbons (Fsp3) is 0.562. The highest BCUT2D eigenvalue weighted by atomic mass is 19.1. The second-order valence-electron chi connectivity index (χ2n) is 5.93. The molecule has 0 atom stereocenters. The Balaban J connectivity index is 1.63. The number of hydrogen-bond acceptors (Lipinski definition) is 3. The normalized spacial score (nSPS) is 20.9. The van der Waals surface area contributed by atoms with E-state index in [0.29, 0.717) is 19.1 Å². The van der Waals surface area contributed by atoms with Crippen molar-refractivity contribution in [3.05, 3.63) is 29.6 Å². The van der Waals surface area contributed by atoms with E-state index in [9.17, 15) is 14.3 Å². The van der Waals surface area contributed by atoms with Crippen LogP contribution in [-0.2, 0) is 0 Å². The molecule has 2 aliphatic rings. The third-order valence-electron chi connectivity index (χ3n) is 4.63. The maximum Gasteiger partial charge on any atom is 0.257 e. The van der Waals surface area contributed by atoms with E-state index in [-0.39, 0.29) is 17.2 Å². The molecule has 0 spiro atoms. The molecule has 1 aliphatic heterocycles. The van der Waals surface area contributed by atoms with Crippen molar-refractivity contribution in [2.75, 3.05) is 26.2 Å². The van der Waals surface area contributed by atoms with Crippen molar-refractivity contribution in [3.63, 3.8) is 0 Å². The first-order valence-corrected chi connectivity index (χ1v) is 7.67. The molecule has 4 nitrogen and oxygen atoms in total. The van der Waals surface area contributed by atoms with Crippen molar-refractivity contribution in [2.24, 2.45) is 0 Å². The van der Waals surface area contributed by atoms with E-state index >= 15 is 0 Å². The molecule has 5 heteroatoms. The van der Waals surface area contributed by atoms with Gasteiger partial charge in [-0.05, 0) is 31.0 Å². The van der Waals surface area contributed by atoms with Crippen molar-refractivity contribution in [3.8, 4) is 5.75 Å². The van der Waals surface area contributed by atoms with E-state index in [1.54, 1.807) is 4.90 Å². The minimum absolute atomic E-state index is 0.0596. The Morgan fingerprint density at radius 2 is 1.81 bits per heavy atom. The van der Waals surface area contributed by atoms with Gasteiger partial charge in [-0.1, -0.05) is 12.8 Å². The Bertz CT molecular complexity index is 521. The first kappa shape index (κ1) is 14.3. The molecule has 21 heavy (non-hydrogen) atoms. The summed E-state index contributed by atoms with van der Waals surface area (Å²) in [7, 11) is 0. The first-order valence-electron chi connectivity index (χ1n) is 7.67. The Labute approximate surface area is 124 Å². The minimum Gasteiger partial charge on any atom is -0.507 e. The zero-order chi connectivity index (χ0) is 14.8. The van der Waals surface area contributed by atoms with Gasteiger partial charge in [-0.2, -0.15) is 0 Å². The number of amides is 1. The van der Waals surface area contributed by atoms with E-state index in [4.69, 9.17) is 0 Å². The van der Waals surface area contributed by atoms with Crippen LogP contribution in [0, 0.1) is 5.82 Å². The molecule has 1 aliphatic carbocycles. The standard InChI is InChI=1S/C16H21FN2O2/c17-12-5-6-15(20)14(11-12)16(21)19-9-7-18(8-10-19)13-3-1-2-4-13/h5-6,11,13,20H,1-4,7-10H2. The van der Waals surface area contributed by atoms with E-state index in [1.807, 2.05) is 0 Å². The summed E-state index contributed by atoms with van der Waals surface area (Å²) in [4.78, 5) is 16.6. The topological polar surface area (TPSA) is 43.8 Å². The van der Waals surface area contributed by atoms with Gasteiger partial charge in [0.1, 0.15) is 11.6 Å². The van der Waals surface area contributed by atoms with Crippen molar-refractivity contribution in [1.82, 2.24) is 9.80 Å². The van der Waals surface area contributed by atoms with Gasteiger partial charge in [0.2, 0.25) is 0 Å². The van der Waals surface area contributed by atoms with Crippen LogP contribution in [0.25, 0.3) is 0 Å². The molecule has 1 saturated heterocycles. The monoisotopic (exact) mass is 292 g/mol. The molecule has 1 saturated carbocycles. The Morgan fingerprint density at radius 1 is 1.14 bits per heavy atom. The minimum atomic E-state index is -0.499. The molecule has 0 bridgehead atoms. The number of hydrogen-bond donors (Lipinski definition) is 1. The summed E-state index contributed by atoms with van der Waals surface area (Å²) in [6.45, 7) is 3.02. The third kappa shape index (κ3) is 3.02. The highest BCUT2D eigenvalue weighted by Gasteiger charge is 2.29. The largest absolute Gasteiger partial charge is 0.507 e. The van der Waals surface area contributed by atoms with Gasteiger partial charge in [-0.3, -0.25) is 9.69 Å². The van der Waals surface area contributed by atoms with Crippen molar-refractivity contribution in [1.29, 1.82) is 0 Å². The van der Waals surface area contributed by atoms with Crippen LogP contribution in [0.15, 0.2) is 18.2 Å². The SMILES string of the molecule is O=C(c1cc(F)ccc1O)N1CCN(C2CCCC2)CC1. The molecule has 114 valence electrons. The summed E-state index contributed by atoms with van der Waals surface area (Å²) in [5.74, 6) is -0.932. The van der Waals surface area contributed by atoms with Crippen LogP contribution in [0.1, 0.15) is 36.0 Å². The van der Waals surface area contributed by atoms with Crippen LogP contribution in [-0.4, -0.2) is 53.0 Å².